The molecule has 0 saturated carbocycles. The fourth-order valence-corrected chi connectivity index (χ4v) is 1.98. The zero-order valence-electron chi connectivity index (χ0n) is 7.49. The molecule has 1 N–H and O–H groups in total. The van der Waals surface area contributed by atoms with Gasteiger partial charge in [-0.05, 0) is 25.1 Å². The van der Waals surface area contributed by atoms with Crippen molar-refractivity contribution in [2.24, 2.45) is 0 Å². The van der Waals surface area contributed by atoms with E-state index >= 15 is 0 Å². The number of benzene rings is 1. The summed E-state index contributed by atoms with van der Waals surface area (Å²) >= 11 is 1.40. The van der Waals surface area contributed by atoms with Gasteiger partial charge in [0.1, 0.15) is 11.6 Å². The summed E-state index contributed by atoms with van der Waals surface area (Å²) in [6.45, 7) is 1.86. The van der Waals surface area contributed by atoms with Crippen LogP contribution in [-0.2, 0) is 0 Å². The summed E-state index contributed by atoms with van der Waals surface area (Å²) in [5.74, 6) is -0.279. The van der Waals surface area contributed by atoms with Crippen LogP contribution in [0.2, 0.25) is 0 Å². The third kappa shape index (κ3) is 1.61. The van der Waals surface area contributed by atoms with Gasteiger partial charge in [0.25, 0.3) is 0 Å². The van der Waals surface area contributed by atoms with Crippen molar-refractivity contribution in [1.82, 2.24) is 4.98 Å². The molecule has 1 heterocycles. The van der Waals surface area contributed by atoms with Crippen LogP contribution in [0.1, 0.15) is 5.01 Å². The average Bonchev–Trinajstić information content (AvgIpc) is 2.56. The molecule has 0 atom stereocenters. The summed E-state index contributed by atoms with van der Waals surface area (Å²) in [5.41, 5.74) is 0.399. The monoisotopic (exact) mass is 209 g/mol. The first kappa shape index (κ1) is 9.15. The van der Waals surface area contributed by atoms with Gasteiger partial charge in [0.15, 0.2) is 0 Å². The Morgan fingerprint density at radius 2 is 2.21 bits per heavy atom. The molecule has 0 radical (unpaired) electrons. The van der Waals surface area contributed by atoms with Crippen molar-refractivity contribution in [1.29, 1.82) is 0 Å². The summed E-state index contributed by atoms with van der Waals surface area (Å²) in [7, 11) is 0. The number of rotatable bonds is 1. The molecule has 0 aliphatic rings. The summed E-state index contributed by atoms with van der Waals surface area (Å²) in [6, 6.07) is 3.98. The van der Waals surface area contributed by atoms with Crippen LogP contribution in [0.15, 0.2) is 24.4 Å². The second kappa shape index (κ2) is 3.38. The standard InChI is InChI=1S/C10H8FNOS/c1-6-12-5-10(14-6)8-4-7(13)2-3-9(8)11/h2-5,13H,1H3. The van der Waals surface area contributed by atoms with Gasteiger partial charge in [-0.25, -0.2) is 9.37 Å². The first-order valence-corrected chi connectivity index (χ1v) is 4.90. The van der Waals surface area contributed by atoms with E-state index in [2.05, 4.69) is 4.98 Å². The summed E-state index contributed by atoms with van der Waals surface area (Å²) in [4.78, 5) is 4.77. The van der Waals surface area contributed by atoms with Crippen molar-refractivity contribution in [2.75, 3.05) is 0 Å². The lowest BCUT2D eigenvalue weighted by molar-refractivity contribution is 0.473. The minimum absolute atomic E-state index is 0.0625. The number of halogens is 1. The maximum absolute atomic E-state index is 13.3. The number of thiazole rings is 1. The first-order chi connectivity index (χ1) is 6.66. The van der Waals surface area contributed by atoms with Crippen LogP contribution in [0.5, 0.6) is 5.75 Å². The van der Waals surface area contributed by atoms with Gasteiger partial charge in [-0.15, -0.1) is 11.3 Å². The Hall–Kier alpha value is -1.42. The van der Waals surface area contributed by atoms with E-state index < -0.39 is 0 Å². The van der Waals surface area contributed by atoms with Gasteiger partial charge < -0.3 is 5.11 Å². The van der Waals surface area contributed by atoms with Crippen molar-refractivity contribution >= 4 is 11.3 Å². The highest BCUT2D eigenvalue weighted by Gasteiger charge is 2.08. The number of aromatic nitrogens is 1. The molecule has 2 rings (SSSR count). The number of aromatic hydroxyl groups is 1. The predicted octanol–water partition coefficient (Wildman–Crippen LogP) is 2.96. The zero-order valence-corrected chi connectivity index (χ0v) is 8.31. The van der Waals surface area contributed by atoms with Gasteiger partial charge >= 0.3 is 0 Å². The van der Waals surface area contributed by atoms with Crippen LogP contribution < -0.4 is 0 Å². The maximum Gasteiger partial charge on any atom is 0.132 e. The SMILES string of the molecule is Cc1ncc(-c2cc(O)ccc2F)s1. The van der Waals surface area contributed by atoms with E-state index in [1.165, 1.54) is 29.5 Å². The van der Waals surface area contributed by atoms with Crippen LogP contribution in [0.25, 0.3) is 10.4 Å². The van der Waals surface area contributed by atoms with E-state index in [9.17, 15) is 9.50 Å². The summed E-state index contributed by atoms with van der Waals surface area (Å²) in [6.07, 6.45) is 1.61. The quantitative estimate of drug-likeness (QED) is 0.783. The number of aryl methyl sites for hydroxylation is 1. The van der Waals surface area contributed by atoms with Crippen LogP contribution >= 0.6 is 11.3 Å². The molecule has 4 heteroatoms. The van der Waals surface area contributed by atoms with Crippen LogP contribution in [0, 0.1) is 12.7 Å². The number of nitrogens with zero attached hydrogens (tertiary/aromatic N) is 1. The van der Waals surface area contributed by atoms with E-state index in [0.29, 0.717) is 5.56 Å². The molecule has 0 unspecified atom stereocenters. The highest BCUT2D eigenvalue weighted by atomic mass is 32.1. The molecule has 0 fully saturated rings. The molecule has 0 saturated heterocycles. The number of hydrogen-bond donors (Lipinski definition) is 1. The molecule has 0 amide bonds. The molecule has 1 aromatic carbocycles. The fraction of sp³-hybridized carbons (Fsp3) is 0.100. The lowest BCUT2D eigenvalue weighted by Gasteiger charge is -1.99. The topological polar surface area (TPSA) is 33.1 Å². The Bertz CT molecular complexity index is 467. The molecule has 2 aromatic rings. The van der Waals surface area contributed by atoms with Crippen molar-refractivity contribution in [3.63, 3.8) is 0 Å². The minimum Gasteiger partial charge on any atom is -0.508 e. The average molecular weight is 209 g/mol. The van der Waals surface area contributed by atoms with Crippen LogP contribution in [0.4, 0.5) is 4.39 Å². The number of phenolic OH excluding ortho intramolecular Hbond substituents is 1. The van der Waals surface area contributed by atoms with E-state index in [1.807, 2.05) is 6.92 Å². The Balaban J connectivity index is 2.55. The lowest BCUT2D eigenvalue weighted by atomic mass is 10.2. The fourth-order valence-electron chi connectivity index (χ4n) is 1.19. The molecule has 1 aromatic heterocycles. The van der Waals surface area contributed by atoms with E-state index in [0.717, 1.165) is 9.88 Å². The smallest absolute Gasteiger partial charge is 0.132 e. The highest BCUT2D eigenvalue weighted by molar-refractivity contribution is 7.15. The van der Waals surface area contributed by atoms with E-state index in [-0.39, 0.29) is 11.6 Å². The molecular weight excluding hydrogens is 201 g/mol. The molecule has 0 bridgehead atoms. The second-order valence-electron chi connectivity index (χ2n) is 2.91. The maximum atomic E-state index is 13.3. The van der Waals surface area contributed by atoms with Gasteiger partial charge in [0.05, 0.1) is 9.88 Å². The summed E-state index contributed by atoms with van der Waals surface area (Å²) < 4.78 is 13.3. The van der Waals surface area contributed by atoms with Crippen LogP contribution in [-0.4, -0.2) is 10.1 Å². The van der Waals surface area contributed by atoms with Crippen molar-refractivity contribution in [3.8, 4) is 16.2 Å². The largest absolute Gasteiger partial charge is 0.508 e. The van der Waals surface area contributed by atoms with Gasteiger partial charge in [0.2, 0.25) is 0 Å². The van der Waals surface area contributed by atoms with Crippen molar-refractivity contribution in [3.05, 3.63) is 35.2 Å². The molecule has 0 aliphatic carbocycles. The first-order valence-electron chi connectivity index (χ1n) is 4.08. The van der Waals surface area contributed by atoms with Gasteiger partial charge in [0, 0.05) is 11.8 Å². The van der Waals surface area contributed by atoms with Crippen LogP contribution in [0.3, 0.4) is 0 Å². The molecule has 0 spiro atoms. The highest BCUT2D eigenvalue weighted by Crippen LogP contribution is 2.30. The van der Waals surface area contributed by atoms with Gasteiger partial charge in [-0.1, -0.05) is 0 Å². The van der Waals surface area contributed by atoms with E-state index in [1.54, 1.807) is 6.20 Å². The molecule has 0 aliphatic heterocycles. The molecule has 72 valence electrons. The predicted molar refractivity (Wildman–Crippen MR) is 53.9 cm³/mol. The molecule has 14 heavy (non-hydrogen) atoms. The Morgan fingerprint density at radius 1 is 1.43 bits per heavy atom. The Kier molecular flexibility index (Phi) is 2.21. The summed E-state index contributed by atoms with van der Waals surface area (Å²) in [5, 5.41) is 10.1. The third-order valence-corrected chi connectivity index (χ3v) is 2.78. The van der Waals surface area contributed by atoms with Gasteiger partial charge in [-0.2, -0.15) is 0 Å². The van der Waals surface area contributed by atoms with Gasteiger partial charge in [-0.3, -0.25) is 0 Å². The molecule has 2 nitrogen and oxygen atoms in total. The lowest BCUT2D eigenvalue weighted by Crippen LogP contribution is -1.80. The second-order valence-corrected chi connectivity index (χ2v) is 4.14. The minimum atomic E-state index is -0.341. The normalized spacial score (nSPS) is 10.4. The number of phenols is 1. The Morgan fingerprint density at radius 3 is 2.86 bits per heavy atom. The zero-order chi connectivity index (χ0) is 10.1. The van der Waals surface area contributed by atoms with Crippen molar-refractivity contribution < 1.29 is 9.50 Å². The van der Waals surface area contributed by atoms with E-state index in [4.69, 9.17) is 0 Å². The third-order valence-electron chi connectivity index (χ3n) is 1.84. The molecular formula is C10H8FNOS. The Labute approximate surface area is 84.7 Å². The number of hydrogen-bond acceptors (Lipinski definition) is 3. The van der Waals surface area contributed by atoms with Crippen molar-refractivity contribution in [2.45, 2.75) is 6.92 Å².